The number of fused-ring (bicyclic) bond motifs is 1. The highest BCUT2D eigenvalue weighted by Crippen LogP contribution is 2.46. The van der Waals surface area contributed by atoms with E-state index in [1.54, 1.807) is 6.26 Å². The maximum absolute atomic E-state index is 5.16. The minimum absolute atomic E-state index is 0.413. The van der Waals surface area contributed by atoms with Gasteiger partial charge in [0.05, 0.1) is 5.69 Å². The third-order valence-electron chi connectivity index (χ3n) is 4.42. The van der Waals surface area contributed by atoms with Crippen molar-refractivity contribution in [3.63, 3.8) is 0 Å². The Balaban J connectivity index is 2.04. The second-order valence-electron chi connectivity index (χ2n) is 5.56. The predicted molar refractivity (Wildman–Crippen MR) is 76.5 cm³/mol. The molecule has 1 aliphatic carbocycles. The van der Waals surface area contributed by atoms with Gasteiger partial charge in [0.25, 0.3) is 0 Å². The van der Waals surface area contributed by atoms with Crippen LogP contribution in [0.2, 0.25) is 0 Å². The lowest BCUT2D eigenvalue weighted by molar-refractivity contribution is 0.342. The largest absolute Gasteiger partial charge is 0.384 e. The molecule has 3 atom stereocenters. The van der Waals surface area contributed by atoms with Gasteiger partial charge >= 0.3 is 0 Å². The van der Waals surface area contributed by atoms with Gasteiger partial charge in [-0.05, 0) is 29.4 Å². The molecule has 0 aliphatic heterocycles. The normalized spacial score (nSPS) is 25.9. The summed E-state index contributed by atoms with van der Waals surface area (Å²) in [5.74, 6) is 1.45. The molecule has 3 nitrogen and oxygen atoms in total. The first-order chi connectivity index (χ1) is 9.22. The van der Waals surface area contributed by atoms with Crippen molar-refractivity contribution < 1.29 is 4.52 Å². The van der Waals surface area contributed by atoms with E-state index in [9.17, 15) is 0 Å². The highest BCUT2D eigenvalue weighted by atomic mass is 16.5. The molecular formula is C16H20N2O. The summed E-state index contributed by atoms with van der Waals surface area (Å²) in [6.07, 6.45) is 2.82. The molecule has 3 rings (SSSR count). The summed E-state index contributed by atoms with van der Waals surface area (Å²) >= 11 is 0. The lowest BCUT2D eigenvalue weighted by atomic mass is 9.69. The topological polar surface area (TPSA) is 38.1 Å². The summed E-state index contributed by atoms with van der Waals surface area (Å²) in [4.78, 5) is 0. The summed E-state index contributed by atoms with van der Waals surface area (Å²) in [5.41, 5.74) is 5.02. The van der Waals surface area contributed by atoms with Crippen LogP contribution in [0.1, 0.15) is 42.5 Å². The Kier molecular flexibility index (Phi) is 3.05. The third-order valence-corrected chi connectivity index (χ3v) is 4.42. The molecule has 2 aromatic rings. The molecule has 0 saturated carbocycles. The van der Waals surface area contributed by atoms with Gasteiger partial charge in [-0.2, -0.15) is 0 Å². The van der Waals surface area contributed by atoms with Crippen LogP contribution >= 0.6 is 0 Å². The molecule has 1 heterocycles. The molecule has 1 aromatic heterocycles. The molecule has 0 radical (unpaired) electrons. The minimum Gasteiger partial charge on any atom is -0.384 e. The monoisotopic (exact) mass is 256 g/mol. The van der Waals surface area contributed by atoms with Crippen LogP contribution in [0.15, 0.2) is 35.1 Å². The Morgan fingerprint density at radius 2 is 2.05 bits per heavy atom. The van der Waals surface area contributed by atoms with Crippen LogP contribution in [0, 0.1) is 5.92 Å². The van der Waals surface area contributed by atoms with E-state index in [4.69, 9.17) is 4.52 Å². The fraction of sp³-hybridized carbons (Fsp3) is 0.438. The lowest BCUT2D eigenvalue weighted by Gasteiger charge is -2.35. The van der Waals surface area contributed by atoms with E-state index in [2.05, 4.69) is 48.6 Å². The van der Waals surface area contributed by atoms with Gasteiger partial charge in [-0.25, -0.2) is 0 Å². The number of rotatable bonds is 2. The van der Waals surface area contributed by atoms with Crippen molar-refractivity contribution in [2.75, 3.05) is 12.4 Å². The first kappa shape index (κ1) is 12.3. The number of hydrogen-bond acceptors (Lipinski definition) is 3. The number of nitrogens with one attached hydrogen (secondary N) is 1. The predicted octanol–water partition coefficient (Wildman–Crippen LogP) is 3.80. The highest BCUT2D eigenvalue weighted by Gasteiger charge is 2.35. The van der Waals surface area contributed by atoms with Gasteiger partial charge in [-0.3, -0.25) is 0 Å². The summed E-state index contributed by atoms with van der Waals surface area (Å²) in [6.45, 7) is 4.61. The van der Waals surface area contributed by atoms with Gasteiger partial charge in [-0.15, -0.1) is 0 Å². The summed E-state index contributed by atoms with van der Waals surface area (Å²) in [5, 5.41) is 7.43. The Morgan fingerprint density at radius 1 is 1.26 bits per heavy atom. The van der Waals surface area contributed by atoms with Crippen LogP contribution in [0.3, 0.4) is 0 Å². The number of hydrogen-bond donors (Lipinski definition) is 1. The van der Waals surface area contributed by atoms with Crippen LogP contribution in [-0.4, -0.2) is 12.2 Å². The number of aromatic nitrogens is 1. The molecule has 3 heteroatoms. The standard InChI is InChI=1S/C16H20N2O/c1-10-8-12-6-4-5-7-13(12)11(2)15(10)16-14(17-3)9-19-18-16/h4-7,9-11,15,17H,8H2,1-3H3. The number of anilines is 1. The smallest absolute Gasteiger partial charge is 0.147 e. The fourth-order valence-electron chi connectivity index (χ4n) is 3.50. The molecule has 19 heavy (non-hydrogen) atoms. The van der Waals surface area contributed by atoms with Crippen LogP contribution in [0.25, 0.3) is 0 Å². The first-order valence-electron chi connectivity index (χ1n) is 6.92. The first-order valence-corrected chi connectivity index (χ1v) is 6.92. The third kappa shape index (κ3) is 1.93. The Labute approximate surface area is 114 Å². The average molecular weight is 256 g/mol. The summed E-state index contributed by atoms with van der Waals surface area (Å²) < 4.78 is 5.16. The fourth-order valence-corrected chi connectivity index (χ4v) is 3.50. The molecule has 0 spiro atoms. The molecule has 0 bridgehead atoms. The van der Waals surface area contributed by atoms with Gasteiger partial charge in [0.2, 0.25) is 0 Å². The second kappa shape index (κ2) is 4.72. The van der Waals surface area contributed by atoms with Crippen LogP contribution in [0.5, 0.6) is 0 Å². The summed E-state index contributed by atoms with van der Waals surface area (Å²) in [6, 6.07) is 8.76. The van der Waals surface area contributed by atoms with Gasteiger partial charge < -0.3 is 9.84 Å². The molecule has 0 fully saturated rings. The van der Waals surface area contributed by atoms with Crippen molar-refractivity contribution in [1.82, 2.24) is 5.16 Å². The van der Waals surface area contributed by atoms with E-state index in [1.165, 1.54) is 11.1 Å². The van der Waals surface area contributed by atoms with Gasteiger partial charge in [-0.1, -0.05) is 43.3 Å². The molecule has 1 aliphatic rings. The maximum Gasteiger partial charge on any atom is 0.147 e. The highest BCUT2D eigenvalue weighted by molar-refractivity contribution is 5.49. The zero-order valence-corrected chi connectivity index (χ0v) is 11.7. The van der Waals surface area contributed by atoms with E-state index < -0.39 is 0 Å². The van der Waals surface area contributed by atoms with E-state index in [0.29, 0.717) is 17.8 Å². The number of nitrogens with zero attached hydrogens (tertiary/aromatic N) is 1. The number of benzene rings is 1. The molecular weight excluding hydrogens is 236 g/mol. The quantitative estimate of drug-likeness (QED) is 0.888. The molecule has 0 amide bonds. The van der Waals surface area contributed by atoms with Crippen LogP contribution < -0.4 is 5.32 Å². The molecule has 1 N–H and O–H groups in total. The Morgan fingerprint density at radius 3 is 2.84 bits per heavy atom. The second-order valence-corrected chi connectivity index (χ2v) is 5.56. The Hall–Kier alpha value is -1.77. The molecule has 1 aromatic carbocycles. The maximum atomic E-state index is 5.16. The SMILES string of the molecule is CNc1conc1C1C(C)Cc2ccccc2C1C. The van der Waals surface area contributed by atoms with E-state index in [-0.39, 0.29) is 0 Å². The minimum atomic E-state index is 0.413. The molecule has 0 saturated heterocycles. The zero-order valence-electron chi connectivity index (χ0n) is 11.7. The van der Waals surface area contributed by atoms with Crippen molar-refractivity contribution in [3.8, 4) is 0 Å². The van der Waals surface area contributed by atoms with Gasteiger partial charge in [0, 0.05) is 13.0 Å². The van der Waals surface area contributed by atoms with Crippen molar-refractivity contribution in [2.24, 2.45) is 5.92 Å². The van der Waals surface area contributed by atoms with Crippen molar-refractivity contribution in [1.29, 1.82) is 0 Å². The van der Waals surface area contributed by atoms with E-state index >= 15 is 0 Å². The van der Waals surface area contributed by atoms with Gasteiger partial charge in [0.15, 0.2) is 0 Å². The lowest BCUT2D eigenvalue weighted by Crippen LogP contribution is -2.25. The molecule has 3 unspecified atom stereocenters. The molecule has 100 valence electrons. The van der Waals surface area contributed by atoms with Crippen molar-refractivity contribution >= 4 is 5.69 Å². The van der Waals surface area contributed by atoms with Gasteiger partial charge in [0.1, 0.15) is 12.0 Å². The zero-order chi connectivity index (χ0) is 13.4. The van der Waals surface area contributed by atoms with E-state index in [1.807, 2.05) is 7.05 Å². The Bertz CT molecular complexity index is 576. The van der Waals surface area contributed by atoms with Crippen LogP contribution in [-0.2, 0) is 6.42 Å². The summed E-state index contributed by atoms with van der Waals surface area (Å²) in [7, 11) is 1.92. The average Bonchev–Trinajstić information content (AvgIpc) is 2.87. The van der Waals surface area contributed by atoms with Crippen molar-refractivity contribution in [2.45, 2.75) is 32.1 Å². The van der Waals surface area contributed by atoms with Crippen molar-refractivity contribution in [3.05, 3.63) is 47.3 Å². The van der Waals surface area contributed by atoms with E-state index in [0.717, 1.165) is 17.8 Å². The van der Waals surface area contributed by atoms with Crippen LogP contribution in [0.4, 0.5) is 5.69 Å².